The first kappa shape index (κ1) is 101. The van der Waals surface area contributed by atoms with Crippen molar-refractivity contribution in [3.63, 3.8) is 0 Å². The molecule has 124 heavy (non-hydrogen) atoms. The summed E-state index contributed by atoms with van der Waals surface area (Å²) in [5.41, 5.74) is -2.92. The van der Waals surface area contributed by atoms with Gasteiger partial charge in [-0.25, -0.2) is 16.8 Å². The van der Waals surface area contributed by atoms with Gasteiger partial charge in [0.15, 0.2) is 25.3 Å². The van der Waals surface area contributed by atoms with Crippen LogP contribution in [0.2, 0.25) is 0 Å². The number of hydrogen-bond donors (Lipinski definition) is 6. The van der Waals surface area contributed by atoms with Gasteiger partial charge in [0, 0.05) is 7.11 Å². The third-order valence-corrected chi connectivity index (χ3v) is 45.2. The van der Waals surface area contributed by atoms with Gasteiger partial charge in [-0.05, 0) is 408 Å². The van der Waals surface area contributed by atoms with Crippen LogP contribution in [0, 0.1) is 146 Å². The fraction of sp³-hybridized carbons (Fsp3) is 0.879. The monoisotopic (exact) mass is 1760 g/mol. The molecular formula is C107H174F3LiO11S2. The largest absolute Gasteiger partial charge is 1.00 e. The molecule has 15 aliphatic carbocycles. The third kappa shape index (κ3) is 20.5. The zero-order valence-electron chi connectivity index (χ0n) is 80.3. The van der Waals surface area contributed by atoms with Gasteiger partial charge in [0.25, 0.3) is 0 Å². The minimum atomic E-state index is -4.52. The summed E-state index contributed by atoms with van der Waals surface area (Å²) in [5.74, 6) is 10.2. The van der Waals surface area contributed by atoms with E-state index in [1.807, 2.05) is 50.2 Å². The Labute approximate surface area is 764 Å². The molecule has 0 radical (unpaired) electrons. The van der Waals surface area contributed by atoms with Gasteiger partial charge in [0.2, 0.25) is 0 Å². The van der Waals surface area contributed by atoms with Crippen LogP contribution in [0.25, 0.3) is 0 Å². The van der Waals surface area contributed by atoms with Gasteiger partial charge in [-0.1, -0.05) is 170 Å². The number of rotatable bonds is 15. The number of unbranched alkanes of at least 4 members (excludes halogenated alkanes) is 1. The quantitative estimate of drug-likeness (QED) is 0.0563. The first-order valence-corrected chi connectivity index (χ1v) is 54.2. The van der Waals surface area contributed by atoms with Crippen molar-refractivity contribution in [2.45, 2.75) is 440 Å². The van der Waals surface area contributed by atoms with Crippen molar-refractivity contribution < 1.29 is 84.2 Å². The van der Waals surface area contributed by atoms with E-state index >= 15 is 0 Å². The topological polar surface area (TPSA) is 202 Å². The van der Waals surface area contributed by atoms with Crippen LogP contribution in [0.5, 0.6) is 0 Å². The zero-order valence-corrected chi connectivity index (χ0v) is 81.9. The first-order chi connectivity index (χ1) is 57.9. The van der Waals surface area contributed by atoms with E-state index in [1.54, 1.807) is 24.3 Å². The van der Waals surface area contributed by atoms with E-state index in [0.29, 0.717) is 104 Å². The van der Waals surface area contributed by atoms with Crippen LogP contribution >= 0.6 is 0 Å². The molecule has 16 aliphatic rings. The van der Waals surface area contributed by atoms with Crippen molar-refractivity contribution in [3.8, 4) is 0 Å². The summed E-state index contributed by atoms with van der Waals surface area (Å²) in [5, 5.41) is 61.3. The standard InChI is InChI=1S/C36H56O4S.C30H49F3O2.C29H44O3S.C7H12O.C4H9.CH4O.Li/c1-25(32(24-36(38)18-9-6-10-19-36)41(39,40)27-11-7-5-8-12-27)29-15-16-30-28-14-13-26-23-33(2,37)21-22-34(26,3)31(28)17-20-35(29,30)4;1-20(11-16-28(34)13-5-4-6-14-28)23-9-10-24-22-8-7-21-19-29(35,30(31,32)33)18-17-26(21,2)25(22)12-15-27(23,24)3;1-20(19-33(31,32)22-8-6-5-7-9-22)24-12-13-25-23-11-10-21-18-27(2,30)16-17-28(21,3)26(23)14-15-29(24,25)4;1-2-4-7(5-3-1)6-8-7;1-3-4-2;1-2;/h5,7-8,11-12,25-26,28-32,37-38H,6,9-10,13-24H2,1-4H3;20-25,34-35H,4-19H2,1-3H3;5-9,20-21,23-26,30H,10-19H2,1-4H3;1-6H2;1,3-4H2,2H3;2H,1H3;/q;;;;-1;;+1/t25-,26-,28-,29+,30-,31-,32?,33-,34-,35+;20-,21+,22+,23-,24+,25+,26+,27-,29+;20-,21+,23+,24-,25+,26+,27+,28+,29-;;;;/m011..../s1. The fourth-order valence-corrected chi connectivity index (χ4v) is 37.4. The predicted octanol–water partition coefficient (Wildman–Crippen LogP) is 22.5. The number of aliphatic hydroxyl groups excluding tert-OH is 1. The summed E-state index contributed by atoms with van der Waals surface area (Å²) in [4.78, 5) is 0.888. The maximum atomic E-state index is 14.4. The molecule has 17 heteroatoms. The van der Waals surface area contributed by atoms with E-state index in [0.717, 1.165) is 178 Å². The molecular weight excluding hydrogens is 1590 g/mol. The van der Waals surface area contributed by atoms with Gasteiger partial charge in [-0.15, -0.1) is 0 Å². The minimum absolute atomic E-state index is 0. The normalized spacial score (nSPS) is 42.9. The molecule has 1 aliphatic heterocycles. The minimum Gasteiger partial charge on any atom is -0.400 e. The van der Waals surface area contributed by atoms with Gasteiger partial charge in [0.1, 0.15) is 0 Å². The van der Waals surface area contributed by atoms with Crippen molar-refractivity contribution in [2.75, 3.05) is 19.5 Å². The van der Waals surface area contributed by atoms with Crippen LogP contribution in [-0.2, 0) is 24.4 Å². The first-order valence-electron chi connectivity index (χ1n) is 51.0. The van der Waals surface area contributed by atoms with Crippen LogP contribution < -0.4 is 18.9 Å². The fourth-order valence-electron chi connectivity index (χ4n) is 33.6. The Bertz CT molecular complexity index is 3970. The summed E-state index contributed by atoms with van der Waals surface area (Å²) in [6.07, 6.45) is 45.2. The molecule has 1 spiro atoms. The molecule has 18 rings (SSSR count). The molecule has 0 bridgehead atoms. The average Bonchev–Trinajstić information content (AvgIpc) is 1.40. The number of hydrogen-bond acceptors (Lipinski definition) is 11. The van der Waals surface area contributed by atoms with Gasteiger partial charge < -0.3 is 42.3 Å². The van der Waals surface area contributed by atoms with E-state index in [-0.39, 0.29) is 71.5 Å². The molecule has 15 saturated carbocycles. The molecule has 2 aromatic rings. The number of ether oxygens (including phenoxy) is 1. The van der Waals surface area contributed by atoms with Gasteiger partial charge >= 0.3 is 25.0 Å². The van der Waals surface area contributed by atoms with Crippen LogP contribution in [0.1, 0.15) is 385 Å². The molecule has 28 atom stereocenters. The number of sulfone groups is 2. The average molecular weight is 1760 g/mol. The van der Waals surface area contributed by atoms with Crippen LogP contribution in [-0.4, -0.2) is 112 Å². The maximum Gasteiger partial charge on any atom is 1.00 e. The van der Waals surface area contributed by atoms with Crippen LogP contribution in [0.4, 0.5) is 13.2 Å². The molecule has 702 valence electrons. The summed E-state index contributed by atoms with van der Waals surface area (Å²) >= 11 is 0. The van der Waals surface area contributed by atoms with E-state index in [4.69, 9.17) is 9.84 Å². The molecule has 0 amide bonds. The summed E-state index contributed by atoms with van der Waals surface area (Å²) in [6.45, 7) is 32.7. The van der Waals surface area contributed by atoms with Gasteiger partial charge in [-0.3, -0.25) is 0 Å². The summed E-state index contributed by atoms with van der Waals surface area (Å²) in [6, 6.07) is 18.1. The second-order valence-corrected chi connectivity index (χ2v) is 52.0. The van der Waals surface area contributed by atoms with Crippen LogP contribution in [0.3, 0.4) is 0 Å². The van der Waals surface area contributed by atoms with Crippen molar-refractivity contribution in [3.05, 3.63) is 67.6 Å². The maximum absolute atomic E-state index is 14.4. The SMILES string of the molecule is C1CCC2(CC1)CO2.CO.C[C@H](C(CC1(O)CCCCC1)S(=O)(=O)c1ccccc1)[C@H]1CC[C@H]2[C@@H]3CC[C@H]4C[C@@](C)(O)CC[C@]4(C)[C@H]3CC[C@]12C.C[C@H](CCC1(O)CCCCC1)[C@H]1CC[C@H]2[C@@H]3CC[C@H]4C[C@](O)(C(F)(F)F)CC[C@]4(C)[C@H]3CC[C@]12C.C[C@H](CS(=O)(=O)c1ccccc1)[C@H]1CC[C@H]2[C@@H]3CC[C@H]4C[C@@](C)(O)CC[C@]4(C)[C@H]3CC[C@]12C.[CH2-]CCC.[Li+]. The Hall–Kier alpha value is -1.55. The molecule has 1 heterocycles. The van der Waals surface area contributed by atoms with E-state index in [2.05, 4.69) is 76.2 Å². The molecule has 1 unspecified atom stereocenters. The van der Waals surface area contributed by atoms with E-state index in [1.165, 1.54) is 141 Å². The van der Waals surface area contributed by atoms with Crippen molar-refractivity contribution in [2.24, 2.45) is 139 Å². The molecule has 1 saturated heterocycles. The number of epoxide rings is 1. The number of benzene rings is 2. The predicted molar refractivity (Wildman–Crippen MR) is 491 cm³/mol. The van der Waals surface area contributed by atoms with Crippen molar-refractivity contribution >= 4 is 19.7 Å². The third-order valence-electron chi connectivity index (χ3n) is 40.9. The number of alkyl halides is 3. The Kier molecular flexibility index (Phi) is 32.2. The Morgan fingerprint density at radius 1 is 0.435 bits per heavy atom. The van der Waals surface area contributed by atoms with Crippen molar-refractivity contribution in [1.29, 1.82) is 0 Å². The molecule has 6 N–H and O–H groups in total. The van der Waals surface area contributed by atoms with Crippen molar-refractivity contribution in [1.82, 2.24) is 0 Å². The summed E-state index contributed by atoms with van der Waals surface area (Å²) in [7, 11) is -5.83. The second kappa shape index (κ2) is 39.4. The van der Waals surface area contributed by atoms with Crippen LogP contribution in [0.15, 0.2) is 70.5 Å². The van der Waals surface area contributed by atoms with E-state index in [9.17, 15) is 55.5 Å². The number of aliphatic hydroxyl groups is 6. The Morgan fingerprint density at radius 3 is 1.20 bits per heavy atom. The second-order valence-electron chi connectivity index (χ2n) is 47.8. The molecule has 2 aromatic carbocycles. The Balaban J connectivity index is 0.000000157. The van der Waals surface area contributed by atoms with Gasteiger partial charge in [-0.2, -0.15) is 19.6 Å². The summed E-state index contributed by atoms with van der Waals surface area (Å²) < 4.78 is 101. The van der Waals surface area contributed by atoms with Gasteiger partial charge in [0.05, 0.1) is 55.4 Å². The molecule has 11 nitrogen and oxygen atoms in total. The van der Waals surface area contributed by atoms with E-state index < -0.39 is 59.1 Å². The number of fused-ring (bicyclic) bond motifs is 15. The number of halogens is 3. The molecule has 16 fully saturated rings. The smallest absolute Gasteiger partial charge is 0.400 e. The zero-order chi connectivity index (χ0) is 89.1. The Morgan fingerprint density at radius 2 is 0.798 bits per heavy atom. The molecule has 0 aromatic heterocycles.